The van der Waals surface area contributed by atoms with E-state index < -0.39 is 6.04 Å². The van der Waals surface area contributed by atoms with E-state index in [0.717, 1.165) is 10.0 Å². The summed E-state index contributed by atoms with van der Waals surface area (Å²) in [5.74, 6) is 0.0334. The molecule has 0 bridgehead atoms. The van der Waals surface area contributed by atoms with Crippen molar-refractivity contribution in [1.82, 2.24) is 10.2 Å². The second-order valence-corrected chi connectivity index (χ2v) is 6.72. The van der Waals surface area contributed by atoms with Gasteiger partial charge < -0.3 is 10.2 Å². The van der Waals surface area contributed by atoms with E-state index in [0.29, 0.717) is 13.0 Å². The molecule has 114 valence electrons. The van der Waals surface area contributed by atoms with Crippen molar-refractivity contribution < 1.29 is 9.59 Å². The number of benzene rings is 1. The molecule has 2 atom stereocenters. The highest BCUT2D eigenvalue weighted by atomic mass is 79.9. The Morgan fingerprint density at radius 3 is 2.62 bits per heavy atom. The Morgan fingerprint density at radius 2 is 2.00 bits per heavy atom. The Kier molecular flexibility index (Phi) is 5.04. The Labute approximate surface area is 134 Å². The van der Waals surface area contributed by atoms with Crippen molar-refractivity contribution in [3.05, 3.63) is 34.3 Å². The fourth-order valence-corrected chi connectivity index (χ4v) is 3.02. The molecule has 1 aliphatic rings. The average Bonchev–Trinajstić information content (AvgIpc) is 2.58. The van der Waals surface area contributed by atoms with Gasteiger partial charge in [-0.25, -0.2) is 0 Å². The van der Waals surface area contributed by atoms with E-state index in [1.54, 1.807) is 0 Å². The lowest BCUT2D eigenvalue weighted by Gasteiger charge is -2.31. The highest BCUT2D eigenvalue weighted by Gasteiger charge is 2.34. The first-order valence-corrected chi connectivity index (χ1v) is 8.04. The molecule has 1 saturated heterocycles. The minimum atomic E-state index is -0.436. The smallest absolute Gasteiger partial charge is 0.245 e. The quantitative estimate of drug-likeness (QED) is 0.909. The van der Waals surface area contributed by atoms with Gasteiger partial charge in [-0.15, -0.1) is 0 Å². The van der Waals surface area contributed by atoms with Crippen LogP contribution >= 0.6 is 15.9 Å². The summed E-state index contributed by atoms with van der Waals surface area (Å²) < 4.78 is 0.990. The normalized spacial score (nSPS) is 21.2. The third-order valence-electron chi connectivity index (χ3n) is 3.91. The van der Waals surface area contributed by atoms with E-state index in [9.17, 15) is 9.59 Å². The van der Waals surface area contributed by atoms with Gasteiger partial charge in [0.05, 0.1) is 6.04 Å². The molecule has 1 aromatic carbocycles. The number of nitrogens with zero attached hydrogens (tertiary/aromatic N) is 1. The van der Waals surface area contributed by atoms with Gasteiger partial charge in [-0.1, -0.05) is 41.9 Å². The standard InChI is InChI=1S/C16H21BrN2O2/c1-10(2)15-16(21)19(8-7-14(20)18-15)11(3)12-5-4-6-13(17)9-12/h4-6,9-11,15H,7-8H2,1-3H3,(H,18,20). The first kappa shape index (κ1) is 16.0. The van der Waals surface area contributed by atoms with Crippen LogP contribution in [0.2, 0.25) is 0 Å². The summed E-state index contributed by atoms with van der Waals surface area (Å²) in [6.45, 7) is 6.38. The lowest BCUT2D eigenvalue weighted by molar-refractivity contribution is -0.136. The van der Waals surface area contributed by atoms with Crippen molar-refractivity contribution in [2.24, 2.45) is 5.92 Å². The first-order valence-electron chi connectivity index (χ1n) is 7.25. The monoisotopic (exact) mass is 352 g/mol. The Hall–Kier alpha value is -1.36. The van der Waals surface area contributed by atoms with Gasteiger partial charge in [0.25, 0.3) is 0 Å². The van der Waals surface area contributed by atoms with Gasteiger partial charge in [-0.3, -0.25) is 9.59 Å². The summed E-state index contributed by atoms with van der Waals surface area (Å²) in [5, 5.41) is 2.84. The second-order valence-electron chi connectivity index (χ2n) is 5.80. The Bertz CT molecular complexity index is 545. The van der Waals surface area contributed by atoms with Crippen molar-refractivity contribution in [2.75, 3.05) is 6.54 Å². The third-order valence-corrected chi connectivity index (χ3v) is 4.40. The number of hydrogen-bond donors (Lipinski definition) is 1. The second kappa shape index (κ2) is 6.60. The van der Waals surface area contributed by atoms with Crippen molar-refractivity contribution in [2.45, 2.75) is 39.3 Å². The Balaban J connectivity index is 2.28. The van der Waals surface area contributed by atoms with Gasteiger partial charge in [-0.05, 0) is 30.5 Å². The molecule has 2 rings (SSSR count). The highest BCUT2D eigenvalue weighted by molar-refractivity contribution is 9.10. The van der Waals surface area contributed by atoms with Crippen LogP contribution in [0.15, 0.2) is 28.7 Å². The number of halogens is 1. The van der Waals surface area contributed by atoms with Crippen molar-refractivity contribution in [3.8, 4) is 0 Å². The molecule has 1 heterocycles. The molecule has 0 spiro atoms. The largest absolute Gasteiger partial charge is 0.344 e. The fourth-order valence-electron chi connectivity index (χ4n) is 2.60. The molecule has 4 nitrogen and oxygen atoms in total. The zero-order chi connectivity index (χ0) is 15.6. The summed E-state index contributed by atoms with van der Waals surface area (Å²) in [4.78, 5) is 26.3. The molecule has 2 unspecified atom stereocenters. The SMILES string of the molecule is CC(C)C1NC(=O)CCN(C(C)c2cccc(Br)c2)C1=O. The average molecular weight is 353 g/mol. The van der Waals surface area contributed by atoms with Crippen LogP contribution in [0.5, 0.6) is 0 Å². The number of rotatable bonds is 3. The summed E-state index contributed by atoms with van der Waals surface area (Å²) in [5.41, 5.74) is 1.06. The van der Waals surface area contributed by atoms with Gasteiger partial charge in [0.1, 0.15) is 6.04 Å². The van der Waals surface area contributed by atoms with Crippen LogP contribution in [-0.4, -0.2) is 29.3 Å². The molecule has 5 heteroatoms. The van der Waals surface area contributed by atoms with E-state index in [2.05, 4.69) is 21.2 Å². The van der Waals surface area contributed by atoms with Crippen molar-refractivity contribution in [1.29, 1.82) is 0 Å². The van der Waals surface area contributed by atoms with Crippen LogP contribution in [0.25, 0.3) is 0 Å². The molecule has 2 amide bonds. The van der Waals surface area contributed by atoms with Gasteiger partial charge in [-0.2, -0.15) is 0 Å². The molecule has 1 aliphatic heterocycles. The molecule has 1 N–H and O–H groups in total. The molecule has 21 heavy (non-hydrogen) atoms. The van der Waals surface area contributed by atoms with Crippen LogP contribution in [0.3, 0.4) is 0 Å². The fraction of sp³-hybridized carbons (Fsp3) is 0.500. The number of amides is 2. The molecular formula is C16H21BrN2O2. The maximum atomic E-state index is 12.7. The minimum Gasteiger partial charge on any atom is -0.344 e. The van der Waals surface area contributed by atoms with Crippen LogP contribution in [0.1, 0.15) is 38.8 Å². The lowest BCUT2D eigenvalue weighted by Crippen LogP contribution is -2.48. The number of nitrogens with one attached hydrogen (secondary N) is 1. The van der Waals surface area contributed by atoms with Crippen molar-refractivity contribution >= 4 is 27.7 Å². The van der Waals surface area contributed by atoms with E-state index >= 15 is 0 Å². The zero-order valence-electron chi connectivity index (χ0n) is 12.6. The molecule has 0 radical (unpaired) electrons. The first-order chi connectivity index (χ1) is 9.90. The maximum absolute atomic E-state index is 12.7. The number of carbonyl (C=O) groups excluding carboxylic acids is 2. The molecule has 1 aromatic rings. The van der Waals surface area contributed by atoms with Crippen LogP contribution in [0, 0.1) is 5.92 Å². The zero-order valence-corrected chi connectivity index (χ0v) is 14.2. The minimum absolute atomic E-state index is 0.00308. The Morgan fingerprint density at radius 1 is 1.29 bits per heavy atom. The molecule has 0 aromatic heterocycles. The van der Waals surface area contributed by atoms with Crippen LogP contribution in [-0.2, 0) is 9.59 Å². The molecular weight excluding hydrogens is 332 g/mol. The lowest BCUT2D eigenvalue weighted by atomic mass is 10.0. The van der Waals surface area contributed by atoms with Gasteiger partial charge in [0.2, 0.25) is 11.8 Å². The molecule has 0 saturated carbocycles. The van der Waals surface area contributed by atoms with E-state index in [-0.39, 0.29) is 23.8 Å². The van der Waals surface area contributed by atoms with E-state index in [1.807, 2.05) is 49.9 Å². The van der Waals surface area contributed by atoms with Crippen LogP contribution in [0.4, 0.5) is 0 Å². The number of hydrogen-bond acceptors (Lipinski definition) is 2. The van der Waals surface area contributed by atoms with E-state index in [4.69, 9.17) is 0 Å². The van der Waals surface area contributed by atoms with Crippen LogP contribution < -0.4 is 5.32 Å². The summed E-state index contributed by atoms with van der Waals surface area (Å²) in [7, 11) is 0. The summed E-state index contributed by atoms with van der Waals surface area (Å²) in [6.07, 6.45) is 0.354. The predicted molar refractivity (Wildman–Crippen MR) is 85.7 cm³/mol. The van der Waals surface area contributed by atoms with Crippen molar-refractivity contribution in [3.63, 3.8) is 0 Å². The van der Waals surface area contributed by atoms with Gasteiger partial charge >= 0.3 is 0 Å². The summed E-state index contributed by atoms with van der Waals surface area (Å²) in [6, 6.07) is 7.46. The van der Waals surface area contributed by atoms with E-state index in [1.165, 1.54) is 0 Å². The number of carbonyl (C=O) groups is 2. The molecule has 0 aliphatic carbocycles. The third kappa shape index (κ3) is 3.64. The van der Waals surface area contributed by atoms with Gasteiger partial charge in [0.15, 0.2) is 0 Å². The highest BCUT2D eigenvalue weighted by Crippen LogP contribution is 2.26. The maximum Gasteiger partial charge on any atom is 0.245 e. The van der Waals surface area contributed by atoms with Gasteiger partial charge in [0, 0.05) is 17.4 Å². The summed E-state index contributed by atoms with van der Waals surface area (Å²) >= 11 is 3.46. The topological polar surface area (TPSA) is 49.4 Å². The predicted octanol–water partition coefficient (Wildman–Crippen LogP) is 2.88. The molecule has 1 fully saturated rings.